The predicted molar refractivity (Wildman–Crippen MR) is 85.2 cm³/mol. The zero-order valence-corrected chi connectivity index (χ0v) is 13.3. The molecular weight excluding hydrogens is 314 g/mol. The number of imidazole rings is 1. The third-order valence-corrected chi connectivity index (χ3v) is 6.13. The molecule has 4 rings (SSSR count). The number of piperidine rings is 1. The zero-order chi connectivity index (χ0) is 15.9. The minimum atomic E-state index is -3.57. The van der Waals surface area contributed by atoms with Gasteiger partial charge in [0.1, 0.15) is 10.7 Å². The van der Waals surface area contributed by atoms with Crippen molar-refractivity contribution in [2.75, 3.05) is 6.54 Å². The second-order valence-electron chi connectivity index (χ2n) is 5.70. The molecule has 1 aromatic carbocycles. The summed E-state index contributed by atoms with van der Waals surface area (Å²) in [7, 11) is -3.57. The summed E-state index contributed by atoms with van der Waals surface area (Å²) in [5.74, 6) is 0.706. The van der Waals surface area contributed by atoms with E-state index in [4.69, 9.17) is 0 Å². The van der Waals surface area contributed by atoms with Crippen LogP contribution in [-0.4, -0.2) is 39.4 Å². The van der Waals surface area contributed by atoms with E-state index in [1.165, 1.54) is 12.4 Å². The second kappa shape index (κ2) is 5.47. The lowest BCUT2D eigenvalue weighted by Gasteiger charge is -2.33. The first-order chi connectivity index (χ1) is 11.2. The van der Waals surface area contributed by atoms with Crippen LogP contribution in [0.5, 0.6) is 0 Å². The van der Waals surface area contributed by atoms with Gasteiger partial charge in [0.05, 0.1) is 23.3 Å². The standard InChI is InChI=1S/C15H17N5O2S/c21-23(22,11-9-16-17-10-11)20-8-4-3-7-14(20)15-18-12-5-1-2-6-13(12)19-15/h1-2,5-6,9-10,14H,3-4,7-8H2,(H,16,17)(H,18,19). The second-order valence-corrected chi connectivity index (χ2v) is 7.59. The molecule has 0 radical (unpaired) electrons. The fourth-order valence-electron chi connectivity index (χ4n) is 3.11. The van der Waals surface area contributed by atoms with E-state index in [1.807, 2.05) is 24.3 Å². The van der Waals surface area contributed by atoms with Crippen molar-refractivity contribution in [3.05, 3.63) is 42.5 Å². The molecule has 1 fully saturated rings. The molecule has 0 bridgehead atoms. The van der Waals surface area contributed by atoms with Gasteiger partial charge in [-0.05, 0) is 25.0 Å². The number of aromatic amines is 2. The summed E-state index contributed by atoms with van der Waals surface area (Å²) >= 11 is 0. The van der Waals surface area contributed by atoms with Crippen LogP contribution in [0.25, 0.3) is 11.0 Å². The van der Waals surface area contributed by atoms with Gasteiger partial charge in [-0.15, -0.1) is 0 Å². The normalized spacial score (nSPS) is 20.1. The Morgan fingerprint density at radius 1 is 1.22 bits per heavy atom. The monoisotopic (exact) mass is 331 g/mol. The molecule has 1 aliphatic heterocycles. The molecule has 1 unspecified atom stereocenters. The molecular formula is C15H17N5O2S. The Balaban J connectivity index is 1.76. The summed E-state index contributed by atoms with van der Waals surface area (Å²) in [6.45, 7) is 0.495. The van der Waals surface area contributed by atoms with E-state index in [9.17, 15) is 8.42 Å². The van der Waals surface area contributed by atoms with Crippen LogP contribution in [0.1, 0.15) is 31.1 Å². The zero-order valence-electron chi connectivity index (χ0n) is 12.4. The molecule has 2 aromatic heterocycles. The minimum absolute atomic E-state index is 0.195. The highest BCUT2D eigenvalue weighted by atomic mass is 32.2. The van der Waals surface area contributed by atoms with Crippen LogP contribution >= 0.6 is 0 Å². The van der Waals surface area contributed by atoms with E-state index < -0.39 is 10.0 Å². The number of para-hydroxylation sites is 2. The van der Waals surface area contributed by atoms with Crippen molar-refractivity contribution in [3.63, 3.8) is 0 Å². The van der Waals surface area contributed by atoms with Crippen LogP contribution in [0.2, 0.25) is 0 Å². The summed E-state index contributed by atoms with van der Waals surface area (Å²) in [6.07, 6.45) is 5.36. The number of benzene rings is 1. The molecule has 3 aromatic rings. The van der Waals surface area contributed by atoms with Crippen LogP contribution in [0.15, 0.2) is 41.6 Å². The van der Waals surface area contributed by atoms with Crippen LogP contribution in [-0.2, 0) is 10.0 Å². The minimum Gasteiger partial charge on any atom is -0.341 e. The highest BCUT2D eigenvalue weighted by molar-refractivity contribution is 7.89. The quantitative estimate of drug-likeness (QED) is 0.769. The molecule has 0 amide bonds. The van der Waals surface area contributed by atoms with Gasteiger partial charge in [0, 0.05) is 12.7 Å². The number of hydrogen-bond acceptors (Lipinski definition) is 4. The van der Waals surface area contributed by atoms with Gasteiger partial charge in [-0.3, -0.25) is 5.10 Å². The molecule has 23 heavy (non-hydrogen) atoms. The molecule has 0 aliphatic carbocycles. The number of hydrogen-bond donors (Lipinski definition) is 2. The Morgan fingerprint density at radius 2 is 2.09 bits per heavy atom. The van der Waals surface area contributed by atoms with Crippen molar-refractivity contribution in [3.8, 4) is 0 Å². The van der Waals surface area contributed by atoms with Crippen molar-refractivity contribution >= 4 is 21.1 Å². The van der Waals surface area contributed by atoms with Crippen molar-refractivity contribution < 1.29 is 8.42 Å². The van der Waals surface area contributed by atoms with Crippen molar-refractivity contribution in [1.29, 1.82) is 0 Å². The van der Waals surface area contributed by atoms with E-state index in [1.54, 1.807) is 4.31 Å². The average molecular weight is 331 g/mol. The van der Waals surface area contributed by atoms with Crippen molar-refractivity contribution in [2.45, 2.75) is 30.2 Å². The largest absolute Gasteiger partial charge is 0.341 e. The van der Waals surface area contributed by atoms with E-state index in [2.05, 4.69) is 20.2 Å². The fraction of sp³-hybridized carbons (Fsp3) is 0.333. The number of aromatic nitrogens is 4. The van der Waals surface area contributed by atoms with Gasteiger partial charge >= 0.3 is 0 Å². The number of H-pyrrole nitrogens is 2. The maximum absolute atomic E-state index is 12.9. The number of sulfonamides is 1. The number of nitrogens with one attached hydrogen (secondary N) is 2. The van der Waals surface area contributed by atoms with Crippen LogP contribution in [0.3, 0.4) is 0 Å². The molecule has 2 N–H and O–H groups in total. The van der Waals surface area contributed by atoms with Gasteiger partial charge in [0.25, 0.3) is 0 Å². The third kappa shape index (κ3) is 2.43. The molecule has 3 heterocycles. The first-order valence-electron chi connectivity index (χ1n) is 7.61. The summed E-state index contributed by atoms with van der Waals surface area (Å²) in [4.78, 5) is 8.06. The SMILES string of the molecule is O=S(=O)(c1cn[nH]c1)N1CCCCC1c1nc2ccccc2[nH]1. The van der Waals surface area contributed by atoms with Crippen LogP contribution < -0.4 is 0 Å². The smallest absolute Gasteiger partial charge is 0.246 e. The molecule has 1 saturated heterocycles. The van der Waals surface area contributed by atoms with E-state index in [0.29, 0.717) is 12.4 Å². The number of nitrogens with zero attached hydrogens (tertiary/aromatic N) is 3. The van der Waals surface area contributed by atoms with E-state index >= 15 is 0 Å². The summed E-state index contributed by atoms with van der Waals surface area (Å²) in [5.41, 5.74) is 1.78. The Bertz CT molecular complexity index is 883. The Labute approximate surface area is 133 Å². The predicted octanol–water partition coefficient (Wildman–Crippen LogP) is 2.20. The maximum Gasteiger partial charge on any atom is 0.246 e. The molecule has 0 spiro atoms. The molecule has 0 saturated carbocycles. The lowest BCUT2D eigenvalue weighted by atomic mass is 10.0. The average Bonchev–Trinajstić information content (AvgIpc) is 3.24. The van der Waals surface area contributed by atoms with Gasteiger partial charge < -0.3 is 4.98 Å². The molecule has 1 atom stereocenters. The summed E-state index contributed by atoms with van der Waals surface area (Å²) in [5, 5.41) is 6.33. The maximum atomic E-state index is 12.9. The fourth-order valence-corrected chi connectivity index (χ4v) is 4.68. The number of fused-ring (bicyclic) bond motifs is 1. The van der Waals surface area contributed by atoms with Crippen LogP contribution in [0.4, 0.5) is 0 Å². The molecule has 1 aliphatic rings. The van der Waals surface area contributed by atoms with Gasteiger partial charge in [-0.2, -0.15) is 9.40 Å². The first-order valence-corrected chi connectivity index (χ1v) is 9.05. The highest BCUT2D eigenvalue weighted by Crippen LogP contribution is 2.34. The molecule has 7 nitrogen and oxygen atoms in total. The number of rotatable bonds is 3. The summed E-state index contributed by atoms with van der Waals surface area (Å²) in [6, 6.07) is 7.46. The Kier molecular flexibility index (Phi) is 3.42. The van der Waals surface area contributed by atoms with Gasteiger partial charge in [-0.1, -0.05) is 18.6 Å². The molecule has 120 valence electrons. The Hall–Kier alpha value is -2.19. The highest BCUT2D eigenvalue weighted by Gasteiger charge is 2.36. The van der Waals surface area contributed by atoms with Crippen molar-refractivity contribution in [2.24, 2.45) is 0 Å². The molecule has 8 heteroatoms. The topological polar surface area (TPSA) is 94.7 Å². The third-order valence-electron chi connectivity index (χ3n) is 4.26. The van der Waals surface area contributed by atoms with Gasteiger partial charge in [-0.25, -0.2) is 13.4 Å². The van der Waals surface area contributed by atoms with E-state index in [0.717, 1.165) is 30.3 Å². The van der Waals surface area contributed by atoms with Gasteiger partial charge in [0.2, 0.25) is 10.0 Å². The van der Waals surface area contributed by atoms with E-state index in [-0.39, 0.29) is 10.9 Å². The Morgan fingerprint density at radius 3 is 2.87 bits per heavy atom. The lowest BCUT2D eigenvalue weighted by molar-refractivity contribution is 0.248. The van der Waals surface area contributed by atoms with Crippen LogP contribution in [0, 0.1) is 0 Å². The van der Waals surface area contributed by atoms with Crippen molar-refractivity contribution in [1.82, 2.24) is 24.5 Å². The summed E-state index contributed by atoms with van der Waals surface area (Å²) < 4.78 is 27.3. The first kappa shape index (κ1) is 14.4. The van der Waals surface area contributed by atoms with Gasteiger partial charge in [0.15, 0.2) is 0 Å². The lowest BCUT2D eigenvalue weighted by Crippen LogP contribution is -2.38.